The predicted molar refractivity (Wildman–Crippen MR) is 69.4 cm³/mol. The molecule has 96 valence electrons. The van der Waals surface area contributed by atoms with Crippen molar-refractivity contribution in [3.8, 4) is 5.75 Å². The SMILES string of the molecule is CCCCCOc1ccn(CCCN)c(=O)c1. The molecule has 1 rings (SSSR count). The van der Waals surface area contributed by atoms with Crippen LogP contribution in [0.2, 0.25) is 0 Å². The predicted octanol–water partition coefficient (Wildman–Crippen LogP) is 1.77. The molecule has 0 aliphatic heterocycles. The van der Waals surface area contributed by atoms with Gasteiger partial charge in [0.25, 0.3) is 5.56 Å². The molecule has 4 nitrogen and oxygen atoms in total. The van der Waals surface area contributed by atoms with Crippen LogP contribution in [0, 0.1) is 0 Å². The maximum atomic E-state index is 11.7. The fraction of sp³-hybridized carbons (Fsp3) is 0.615. The van der Waals surface area contributed by atoms with Crippen LogP contribution in [-0.2, 0) is 6.54 Å². The van der Waals surface area contributed by atoms with Gasteiger partial charge in [0.1, 0.15) is 5.75 Å². The van der Waals surface area contributed by atoms with Crippen molar-refractivity contribution < 1.29 is 4.74 Å². The normalized spacial score (nSPS) is 10.5. The summed E-state index contributed by atoms with van der Waals surface area (Å²) in [4.78, 5) is 11.7. The van der Waals surface area contributed by atoms with Crippen LogP contribution in [0.25, 0.3) is 0 Å². The van der Waals surface area contributed by atoms with Crippen LogP contribution in [-0.4, -0.2) is 17.7 Å². The number of pyridine rings is 1. The molecule has 1 aromatic heterocycles. The Hall–Kier alpha value is -1.29. The molecule has 0 aliphatic rings. The van der Waals surface area contributed by atoms with Crippen molar-refractivity contribution in [2.24, 2.45) is 5.73 Å². The van der Waals surface area contributed by atoms with Gasteiger partial charge in [-0.05, 0) is 25.5 Å². The van der Waals surface area contributed by atoms with E-state index in [1.165, 1.54) is 6.42 Å². The van der Waals surface area contributed by atoms with Crippen LogP contribution in [0.5, 0.6) is 5.75 Å². The second kappa shape index (κ2) is 7.90. The zero-order valence-electron chi connectivity index (χ0n) is 10.5. The number of unbranched alkanes of at least 4 members (excludes halogenated alkanes) is 2. The van der Waals surface area contributed by atoms with Gasteiger partial charge in [-0.3, -0.25) is 4.79 Å². The Morgan fingerprint density at radius 1 is 1.35 bits per heavy atom. The maximum absolute atomic E-state index is 11.7. The van der Waals surface area contributed by atoms with Crippen LogP contribution in [0.3, 0.4) is 0 Å². The summed E-state index contributed by atoms with van der Waals surface area (Å²) in [5, 5.41) is 0. The molecule has 0 atom stereocenters. The molecule has 0 amide bonds. The number of nitrogens with zero attached hydrogens (tertiary/aromatic N) is 1. The van der Waals surface area contributed by atoms with E-state index in [-0.39, 0.29) is 5.56 Å². The third kappa shape index (κ3) is 5.04. The quantitative estimate of drug-likeness (QED) is 0.702. The van der Waals surface area contributed by atoms with Crippen LogP contribution < -0.4 is 16.0 Å². The summed E-state index contributed by atoms with van der Waals surface area (Å²) < 4.78 is 7.17. The second-order valence-electron chi connectivity index (χ2n) is 4.09. The molecule has 1 heterocycles. The average molecular weight is 238 g/mol. The van der Waals surface area contributed by atoms with E-state index in [9.17, 15) is 4.79 Å². The Labute approximate surface area is 102 Å². The van der Waals surface area contributed by atoms with Gasteiger partial charge >= 0.3 is 0 Å². The fourth-order valence-corrected chi connectivity index (χ4v) is 1.57. The smallest absolute Gasteiger partial charge is 0.254 e. The van der Waals surface area contributed by atoms with Crippen molar-refractivity contribution in [3.05, 3.63) is 28.7 Å². The molecule has 2 N–H and O–H groups in total. The van der Waals surface area contributed by atoms with Gasteiger partial charge in [0.05, 0.1) is 6.61 Å². The van der Waals surface area contributed by atoms with Gasteiger partial charge in [0.15, 0.2) is 0 Å². The number of aryl methyl sites for hydroxylation is 1. The highest BCUT2D eigenvalue weighted by molar-refractivity contribution is 5.17. The molecule has 0 aliphatic carbocycles. The molecule has 0 unspecified atom stereocenters. The van der Waals surface area contributed by atoms with Crippen LogP contribution >= 0.6 is 0 Å². The summed E-state index contributed by atoms with van der Waals surface area (Å²) in [5.74, 6) is 0.662. The molecule has 0 saturated carbocycles. The number of rotatable bonds is 8. The number of hydrogen-bond acceptors (Lipinski definition) is 3. The van der Waals surface area contributed by atoms with E-state index in [1.807, 2.05) is 6.07 Å². The number of ether oxygens (including phenoxy) is 1. The minimum atomic E-state index is -0.0218. The zero-order chi connectivity index (χ0) is 12.5. The lowest BCUT2D eigenvalue weighted by Crippen LogP contribution is -2.20. The van der Waals surface area contributed by atoms with Crippen LogP contribution in [0.4, 0.5) is 0 Å². The number of hydrogen-bond donors (Lipinski definition) is 1. The standard InChI is InChI=1S/C13H22N2O2/c1-2-3-4-10-17-12-6-9-15(8-5-7-14)13(16)11-12/h6,9,11H,2-5,7-8,10,14H2,1H3. The second-order valence-corrected chi connectivity index (χ2v) is 4.09. The van der Waals surface area contributed by atoms with Gasteiger partial charge in [0.2, 0.25) is 0 Å². The Balaban J connectivity index is 2.47. The minimum Gasteiger partial charge on any atom is -0.493 e. The van der Waals surface area contributed by atoms with Crippen molar-refractivity contribution in [1.82, 2.24) is 4.57 Å². The van der Waals surface area contributed by atoms with Gasteiger partial charge in [-0.15, -0.1) is 0 Å². The zero-order valence-corrected chi connectivity index (χ0v) is 10.5. The summed E-state index contributed by atoms with van der Waals surface area (Å²) >= 11 is 0. The van der Waals surface area contributed by atoms with Gasteiger partial charge in [-0.1, -0.05) is 19.8 Å². The third-order valence-electron chi connectivity index (χ3n) is 2.59. The molecule has 4 heteroatoms. The largest absolute Gasteiger partial charge is 0.493 e. The molecule has 0 fully saturated rings. The van der Waals surface area contributed by atoms with Gasteiger partial charge in [-0.25, -0.2) is 0 Å². The maximum Gasteiger partial charge on any atom is 0.254 e. The Bertz CT molecular complexity index is 374. The highest BCUT2D eigenvalue weighted by atomic mass is 16.5. The lowest BCUT2D eigenvalue weighted by molar-refractivity contribution is 0.305. The van der Waals surface area contributed by atoms with E-state index in [1.54, 1.807) is 16.8 Å². The highest BCUT2D eigenvalue weighted by Gasteiger charge is 1.99. The molecule has 1 aromatic rings. The summed E-state index contributed by atoms with van der Waals surface area (Å²) in [6, 6.07) is 3.38. The number of nitrogens with two attached hydrogens (primary N) is 1. The first-order chi connectivity index (χ1) is 8.27. The summed E-state index contributed by atoms with van der Waals surface area (Å²) in [6.07, 6.45) is 5.95. The van der Waals surface area contributed by atoms with E-state index in [0.29, 0.717) is 25.4 Å². The van der Waals surface area contributed by atoms with Crippen LogP contribution in [0.1, 0.15) is 32.6 Å². The molecule has 0 bridgehead atoms. The molecular formula is C13H22N2O2. The van der Waals surface area contributed by atoms with E-state index < -0.39 is 0 Å². The Morgan fingerprint density at radius 3 is 2.82 bits per heavy atom. The first-order valence-electron chi connectivity index (χ1n) is 6.31. The van der Waals surface area contributed by atoms with Gasteiger partial charge in [-0.2, -0.15) is 0 Å². The highest BCUT2D eigenvalue weighted by Crippen LogP contribution is 2.07. The first kappa shape index (κ1) is 13.8. The monoisotopic (exact) mass is 238 g/mol. The molecule has 17 heavy (non-hydrogen) atoms. The third-order valence-corrected chi connectivity index (χ3v) is 2.59. The van der Waals surface area contributed by atoms with Crippen molar-refractivity contribution in [1.29, 1.82) is 0 Å². The lowest BCUT2D eigenvalue weighted by atomic mass is 10.3. The molecular weight excluding hydrogens is 216 g/mol. The summed E-state index contributed by atoms with van der Waals surface area (Å²) in [7, 11) is 0. The Morgan fingerprint density at radius 2 is 2.18 bits per heavy atom. The Kier molecular flexibility index (Phi) is 6.40. The van der Waals surface area contributed by atoms with Crippen molar-refractivity contribution in [2.45, 2.75) is 39.2 Å². The van der Waals surface area contributed by atoms with E-state index in [4.69, 9.17) is 10.5 Å². The van der Waals surface area contributed by atoms with Crippen molar-refractivity contribution >= 4 is 0 Å². The van der Waals surface area contributed by atoms with E-state index in [2.05, 4.69) is 6.92 Å². The molecule has 0 spiro atoms. The topological polar surface area (TPSA) is 57.2 Å². The van der Waals surface area contributed by atoms with Crippen molar-refractivity contribution in [2.75, 3.05) is 13.2 Å². The first-order valence-corrected chi connectivity index (χ1v) is 6.31. The number of aromatic nitrogens is 1. The lowest BCUT2D eigenvalue weighted by Gasteiger charge is -2.08. The van der Waals surface area contributed by atoms with E-state index in [0.717, 1.165) is 19.3 Å². The van der Waals surface area contributed by atoms with E-state index >= 15 is 0 Å². The summed E-state index contributed by atoms with van der Waals surface area (Å²) in [5.41, 5.74) is 5.39. The van der Waals surface area contributed by atoms with Gasteiger partial charge < -0.3 is 15.0 Å². The summed E-state index contributed by atoms with van der Waals surface area (Å²) in [6.45, 7) is 4.10. The fourth-order valence-electron chi connectivity index (χ4n) is 1.57. The van der Waals surface area contributed by atoms with Crippen LogP contribution in [0.15, 0.2) is 23.1 Å². The van der Waals surface area contributed by atoms with Gasteiger partial charge in [0, 0.05) is 18.8 Å². The molecule has 0 saturated heterocycles. The molecule has 0 aromatic carbocycles. The van der Waals surface area contributed by atoms with Crippen molar-refractivity contribution in [3.63, 3.8) is 0 Å². The molecule has 0 radical (unpaired) electrons. The average Bonchev–Trinajstić information content (AvgIpc) is 2.34. The minimum absolute atomic E-state index is 0.0218.